The molecule has 6 heteroatoms. The molecule has 1 saturated carbocycles. The zero-order chi connectivity index (χ0) is 12.5. The molecule has 0 amide bonds. The highest BCUT2D eigenvalue weighted by atomic mass is 32.2. The Morgan fingerprint density at radius 1 is 1.53 bits per heavy atom. The van der Waals surface area contributed by atoms with E-state index in [0.717, 1.165) is 25.0 Å². The van der Waals surface area contributed by atoms with E-state index in [9.17, 15) is 8.42 Å². The first-order chi connectivity index (χ1) is 8.08. The number of nitrogens with one attached hydrogen (secondary N) is 1. The molecule has 1 aromatic rings. The van der Waals surface area contributed by atoms with Gasteiger partial charge in [0.1, 0.15) is 0 Å². The van der Waals surface area contributed by atoms with Crippen LogP contribution in [-0.4, -0.2) is 19.5 Å². The summed E-state index contributed by atoms with van der Waals surface area (Å²) in [7, 11) is -3.37. The number of hydrogen-bond acceptors (Lipinski definition) is 3. The first-order valence-corrected chi connectivity index (χ1v) is 7.47. The van der Waals surface area contributed by atoms with E-state index >= 15 is 0 Å². The molecule has 1 heterocycles. The zero-order valence-electron chi connectivity index (χ0n) is 10.0. The molecule has 96 valence electrons. The normalized spacial score (nSPS) is 16.4. The third-order valence-corrected chi connectivity index (χ3v) is 4.34. The van der Waals surface area contributed by atoms with Gasteiger partial charge in [0.15, 0.2) is 0 Å². The highest BCUT2D eigenvalue weighted by Gasteiger charge is 2.27. The molecule has 1 aromatic heterocycles. The van der Waals surface area contributed by atoms with Crippen LogP contribution in [0.3, 0.4) is 0 Å². The summed E-state index contributed by atoms with van der Waals surface area (Å²) in [5.74, 6) is 0. The fourth-order valence-electron chi connectivity index (χ4n) is 1.82. The quantitative estimate of drug-likeness (QED) is 0.797. The average molecular weight is 257 g/mol. The van der Waals surface area contributed by atoms with Gasteiger partial charge in [0.2, 0.25) is 10.0 Å². The Bertz CT molecular complexity index is 489. The van der Waals surface area contributed by atoms with Crippen LogP contribution in [0.25, 0.3) is 0 Å². The highest BCUT2D eigenvalue weighted by molar-refractivity contribution is 7.89. The molecule has 17 heavy (non-hydrogen) atoms. The summed E-state index contributed by atoms with van der Waals surface area (Å²) in [6.45, 7) is 2.78. The molecule has 0 unspecified atom stereocenters. The van der Waals surface area contributed by atoms with Crippen LogP contribution < -0.4 is 10.5 Å². The Morgan fingerprint density at radius 3 is 2.76 bits per heavy atom. The third kappa shape index (κ3) is 2.70. The van der Waals surface area contributed by atoms with E-state index in [1.165, 1.54) is 0 Å². The van der Waals surface area contributed by atoms with Crippen LogP contribution in [0.5, 0.6) is 0 Å². The fraction of sp³-hybridized carbons (Fsp3) is 0.636. The molecule has 3 N–H and O–H groups in total. The van der Waals surface area contributed by atoms with Crippen LogP contribution in [0.2, 0.25) is 0 Å². The van der Waals surface area contributed by atoms with Crippen molar-refractivity contribution >= 4 is 10.0 Å². The van der Waals surface area contributed by atoms with Gasteiger partial charge in [-0.2, -0.15) is 0 Å². The summed E-state index contributed by atoms with van der Waals surface area (Å²) in [5, 5.41) is 0. The minimum Gasteiger partial charge on any atom is -0.346 e. The van der Waals surface area contributed by atoms with Crippen molar-refractivity contribution in [3.05, 3.63) is 18.0 Å². The average Bonchev–Trinajstić information content (AvgIpc) is 3.05. The second-order valence-corrected chi connectivity index (χ2v) is 6.17. The number of nitrogens with two attached hydrogens (primary N) is 1. The van der Waals surface area contributed by atoms with Crippen molar-refractivity contribution in [3.63, 3.8) is 0 Å². The molecular formula is C11H19N3O2S. The maximum Gasteiger partial charge on any atom is 0.242 e. The summed E-state index contributed by atoms with van der Waals surface area (Å²) in [6.07, 6.45) is 4.72. The van der Waals surface area contributed by atoms with Crippen molar-refractivity contribution in [2.45, 2.75) is 43.7 Å². The maximum atomic E-state index is 12.0. The van der Waals surface area contributed by atoms with Crippen LogP contribution in [-0.2, 0) is 16.6 Å². The van der Waals surface area contributed by atoms with Gasteiger partial charge in [0.05, 0.1) is 4.90 Å². The Balaban J connectivity index is 2.26. The Morgan fingerprint density at radius 2 is 2.24 bits per heavy atom. The number of rotatable bonds is 6. The molecule has 1 aliphatic rings. The molecule has 0 bridgehead atoms. The zero-order valence-corrected chi connectivity index (χ0v) is 10.8. The van der Waals surface area contributed by atoms with E-state index in [4.69, 9.17) is 5.73 Å². The van der Waals surface area contributed by atoms with Crippen molar-refractivity contribution in [2.75, 3.05) is 6.54 Å². The van der Waals surface area contributed by atoms with Gasteiger partial charge in [-0.1, -0.05) is 6.92 Å². The van der Waals surface area contributed by atoms with E-state index in [2.05, 4.69) is 4.72 Å². The van der Waals surface area contributed by atoms with Gasteiger partial charge in [0.25, 0.3) is 0 Å². The summed E-state index contributed by atoms with van der Waals surface area (Å²) < 4.78 is 28.5. The van der Waals surface area contributed by atoms with Gasteiger partial charge in [-0.15, -0.1) is 0 Å². The van der Waals surface area contributed by atoms with Crippen LogP contribution >= 0.6 is 0 Å². The number of aromatic nitrogens is 1. The van der Waals surface area contributed by atoms with Crippen molar-refractivity contribution in [2.24, 2.45) is 5.73 Å². The van der Waals surface area contributed by atoms with Crippen LogP contribution in [0.4, 0.5) is 0 Å². The lowest BCUT2D eigenvalue weighted by Gasteiger charge is -2.04. The molecular weight excluding hydrogens is 238 g/mol. The van der Waals surface area contributed by atoms with E-state index in [0.29, 0.717) is 24.0 Å². The van der Waals surface area contributed by atoms with E-state index in [-0.39, 0.29) is 0 Å². The number of sulfonamides is 1. The molecule has 2 rings (SSSR count). The van der Waals surface area contributed by atoms with Crippen molar-refractivity contribution in [1.82, 2.24) is 9.29 Å². The van der Waals surface area contributed by atoms with Crippen LogP contribution in [0, 0.1) is 0 Å². The smallest absolute Gasteiger partial charge is 0.242 e. The van der Waals surface area contributed by atoms with Gasteiger partial charge in [0, 0.05) is 31.0 Å². The minimum absolute atomic E-state index is 0.332. The van der Waals surface area contributed by atoms with E-state index in [1.54, 1.807) is 12.3 Å². The highest BCUT2D eigenvalue weighted by Crippen LogP contribution is 2.37. The number of nitrogens with zero attached hydrogens (tertiary/aromatic N) is 1. The molecule has 0 saturated heterocycles. The predicted octanol–water partition coefficient (Wildman–Crippen LogP) is 0.970. The molecule has 1 aliphatic carbocycles. The minimum atomic E-state index is -3.37. The fourth-order valence-corrected chi connectivity index (χ4v) is 3.00. The summed E-state index contributed by atoms with van der Waals surface area (Å²) in [6, 6.07) is 2.12. The first-order valence-electron chi connectivity index (χ1n) is 5.99. The first kappa shape index (κ1) is 12.6. The maximum absolute atomic E-state index is 12.0. The van der Waals surface area contributed by atoms with Crippen molar-refractivity contribution in [3.8, 4) is 0 Å². The molecule has 5 nitrogen and oxygen atoms in total. The lowest BCUT2D eigenvalue weighted by atomic mass is 10.4. The molecule has 0 spiro atoms. The van der Waals surface area contributed by atoms with Gasteiger partial charge in [-0.25, -0.2) is 13.1 Å². The SMILES string of the molecule is CCCNS(=O)(=O)c1cc(CN)n(C2CC2)c1. The van der Waals surface area contributed by atoms with Gasteiger partial charge < -0.3 is 10.3 Å². The second kappa shape index (κ2) is 4.80. The molecule has 0 radical (unpaired) electrons. The third-order valence-electron chi connectivity index (χ3n) is 2.91. The van der Waals surface area contributed by atoms with Crippen LogP contribution in [0.1, 0.15) is 37.9 Å². The monoisotopic (exact) mass is 257 g/mol. The van der Waals surface area contributed by atoms with Crippen LogP contribution in [0.15, 0.2) is 17.2 Å². The molecule has 0 atom stereocenters. The van der Waals surface area contributed by atoms with Gasteiger partial charge in [-0.3, -0.25) is 0 Å². The van der Waals surface area contributed by atoms with Crippen molar-refractivity contribution in [1.29, 1.82) is 0 Å². The summed E-state index contributed by atoms with van der Waals surface area (Å²) in [5.41, 5.74) is 6.53. The lowest BCUT2D eigenvalue weighted by Crippen LogP contribution is -2.24. The number of hydrogen-bond donors (Lipinski definition) is 2. The molecule has 0 aromatic carbocycles. The standard InChI is InChI=1S/C11H19N3O2S/c1-2-5-13-17(15,16)11-6-10(7-12)14(8-11)9-3-4-9/h6,8-9,13H,2-5,7,12H2,1H3. The van der Waals surface area contributed by atoms with Gasteiger partial charge in [-0.05, 0) is 25.3 Å². The molecule has 1 fully saturated rings. The second-order valence-electron chi connectivity index (χ2n) is 4.41. The summed E-state index contributed by atoms with van der Waals surface area (Å²) in [4.78, 5) is 0.332. The summed E-state index contributed by atoms with van der Waals surface area (Å²) >= 11 is 0. The Labute approximate surface area is 102 Å². The van der Waals surface area contributed by atoms with E-state index in [1.807, 2.05) is 11.5 Å². The largest absolute Gasteiger partial charge is 0.346 e. The van der Waals surface area contributed by atoms with Gasteiger partial charge >= 0.3 is 0 Å². The van der Waals surface area contributed by atoms with Crippen molar-refractivity contribution < 1.29 is 8.42 Å². The predicted molar refractivity (Wildman–Crippen MR) is 66.1 cm³/mol. The van der Waals surface area contributed by atoms with E-state index < -0.39 is 10.0 Å². The Kier molecular flexibility index (Phi) is 3.56. The topological polar surface area (TPSA) is 77.1 Å². The Hall–Kier alpha value is -0.850. The molecule has 0 aliphatic heterocycles. The lowest BCUT2D eigenvalue weighted by molar-refractivity contribution is 0.580.